The lowest BCUT2D eigenvalue weighted by atomic mass is 9.97. The van der Waals surface area contributed by atoms with Crippen LogP contribution in [0.15, 0.2) is 0 Å². The van der Waals surface area contributed by atoms with Crippen LogP contribution in [0.1, 0.15) is 234 Å². The fraction of sp³-hybridized carbons (Fsp3) is 0.944. The second-order valence-corrected chi connectivity index (χ2v) is 18.8. The predicted octanol–water partition coefficient (Wildman–Crippen LogP) is 13.4. The number of piperidine rings is 1. The van der Waals surface area contributed by atoms with E-state index in [1.807, 2.05) is 0 Å². The molecule has 0 bridgehead atoms. The van der Waals surface area contributed by atoms with Crippen molar-refractivity contribution in [3.05, 3.63) is 0 Å². The van der Waals surface area contributed by atoms with Crippen LogP contribution in [0.2, 0.25) is 0 Å². The molecule has 12 heteroatoms. The lowest BCUT2D eigenvalue weighted by Crippen LogP contribution is -2.49. The van der Waals surface area contributed by atoms with Crippen molar-refractivity contribution in [2.75, 3.05) is 72.4 Å². The molecule has 1 amide bonds. The highest BCUT2D eigenvalue weighted by atomic mass is 16.7. The van der Waals surface area contributed by atoms with Crippen molar-refractivity contribution in [3.8, 4) is 0 Å². The Morgan fingerprint density at radius 3 is 1.32 bits per heavy atom. The third-order valence-corrected chi connectivity index (χ3v) is 12.6. The Bertz CT molecular complexity index is 1070. The summed E-state index contributed by atoms with van der Waals surface area (Å²) in [7, 11) is 0. The standard InChI is InChI=1S/C54H104N2O10/c1-7-13-17-21-25-29-39-60-52(61-40-30-26-22-18-14-8-2)36-34-50(57)65-47-48-44-49(46-56(45-48)54(59)64-43-33-38-55(11-5)12-6)66-51(58)35-37-53(62-41-31-27-23-19-15-9-3)63-42-32-28-24-20-16-10-4/h48-49,52-53H,7-47H2,1-6H3/t48-,49+/m1/s1. The highest BCUT2D eigenvalue weighted by molar-refractivity contribution is 5.70. The lowest BCUT2D eigenvalue weighted by molar-refractivity contribution is -0.166. The van der Waals surface area contributed by atoms with E-state index >= 15 is 0 Å². The normalized spacial score (nSPS) is 15.3. The second kappa shape index (κ2) is 45.5. The first-order valence-corrected chi connectivity index (χ1v) is 27.7. The molecule has 66 heavy (non-hydrogen) atoms. The number of carbonyl (C=O) groups excluding carboxylic acids is 3. The van der Waals surface area contributed by atoms with Crippen LogP contribution in [0.3, 0.4) is 0 Å². The number of esters is 2. The molecule has 0 radical (unpaired) electrons. The van der Waals surface area contributed by atoms with Gasteiger partial charge in [0.2, 0.25) is 0 Å². The van der Waals surface area contributed by atoms with E-state index in [0.717, 1.165) is 77.4 Å². The van der Waals surface area contributed by atoms with Crippen molar-refractivity contribution >= 4 is 18.0 Å². The van der Waals surface area contributed by atoms with Crippen LogP contribution < -0.4 is 0 Å². The zero-order valence-electron chi connectivity index (χ0n) is 43.8. The van der Waals surface area contributed by atoms with Gasteiger partial charge in [-0.15, -0.1) is 0 Å². The summed E-state index contributed by atoms with van der Waals surface area (Å²) in [4.78, 5) is 43.9. The van der Waals surface area contributed by atoms with Gasteiger partial charge in [0.15, 0.2) is 12.6 Å². The summed E-state index contributed by atoms with van der Waals surface area (Å²) in [5.41, 5.74) is 0. The average molecular weight is 941 g/mol. The van der Waals surface area contributed by atoms with E-state index in [1.165, 1.54) is 103 Å². The molecule has 0 unspecified atom stereocenters. The number of hydrogen-bond acceptors (Lipinski definition) is 11. The zero-order valence-corrected chi connectivity index (χ0v) is 43.8. The first-order chi connectivity index (χ1) is 32.3. The fourth-order valence-corrected chi connectivity index (χ4v) is 8.40. The summed E-state index contributed by atoms with van der Waals surface area (Å²) in [5.74, 6) is -0.903. The smallest absolute Gasteiger partial charge is 0.409 e. The molecule has 0 saturated carbocycles. The third-order valence-electron chi connectivity index (χ3n) is 12.6. The lowest BCUT2D eigenvalue weighted by Gasteiger charge is -2.36. The van der Waals surface area contributed by atoms with E-state index in [9.17, 15) is 14.4 Å². The van der Waals surface area contributed by atoms with Gasteiger partial charge < -0.3 is 43.0 Å². The maximum absolute atomic E-state index is 13.4. The Morgan fingerprint density at radius 2 is 0.894 bits per heavy atom. The van der Waals surface area contributed by atoms with Gasteiger partial charge in [0, 0.05) is 58.3 Å². The molecule has 0 spiro atoms. The first kappa shape index (κ1) is 62.0. The van der Waals surface area contributed by atoms with Crippen LogP contribution in [-0.2, 0) is 42.7 Å². The van der Waals surface area contributed by atoms with Crippen molar-refractivity contribution in [3.63, 3.8) is 0 Å². The fourth-order valence-electron chi connectivity index (χ4n) is 8.40. The van der Waals surface area contributed by atoms with Crippen LogP contribution in [0.4, 0.5) is 4.79 Å². The highest BCUT2D eigenvalue weighted by Crippen LogP contribution is 2.23. The molecule has 0 aromatic carbocycles. The van der Waals surface area contributed by atoms with E-state index in [2.05, 4.69) is 46.4 Å². The minimum absolute atomic E-state index is 0.112. The largest absolute Gasteiger partial charge is 0.465 e. The molecule has 2 atom stereocenters. The van der Waals surface area contributed by atoms with Crippen molar-refractivity contribution in [2.24, 2.45) is 5.92 Å². The van der Waals surface area contributed by atoms with Gasteiger partial charge in [-0.25, -0.2) is 4.79 Å². The van der Waals surface area contributed by atoms with E-state index in [-0.39, 0.29) is 43.8 Å². The van der Waals surface area contributed by atoms with Gasteiger partial charge in [-0.1, -0.05) is 170 Å². The van der Waals surface area contributed by atoms with E-state index < -0.39 is 24.8 Å². The molecule has 1 fully saturated rings. The molecule has 1 aliphatic heterocycles. The average Bonchev–Trinajstić information content (AvgIpc) is 3.32. The number of unbranched alkanes of at least 4 members (excludes halogenated alkanes) is 20. The first-order valence-electron chi connectivity index (χ1n) is 27.7. The van der Waals surface area contributed by atoms with Crippen LogP contribution in [-0.4, -0.2) is 119 Å². The van der Waals surface area contributed by atoms with Crippen molar-refractivity contribution in [2.45, 2.75) is 253 Å². The topological polar surface area (TPSA) is 122 Å². The second-order valence-electron chi connectivity index (χ2n) is 18.8. The number of carbonyl (C=O) groups is 3. The van der Waals surface area contributed by atoms with Crippen molar-refractivity contribution in [1.29, 1.82) is 0 Å². The molecule has 390 valence electrons. The van der Waals surface area contributed by atoms with Crippen LogP contribution >= 0.6 is 0 Å². The number of amides is 1. The molecule has 1 aliphatic rings. The van der Waals surface area contributed by atoms with Gasteiger partial charge in [0.25, 0.3) is 0 Å². The predicted molar refractivity (Wildman–Crippen MR) is 268 cm³/mol. The van der Waals surface area contributed by atoms with Crippen LogP contribution in [0, 0.1) is 5.92 Å². The summed E-state index contributed by atoms with van der Waals surface area (Å²) < 4.78 is 42.3. The van der Waals surface area contributed by atoms with Crippen LogP contribution in [0.25, 0.3) is 0 Å². The molecule has 0 aliphatic carbocycles. The molecular formula is C54H104N2O10. The molecule has 12 nitrogen and oxygen atoms in total. The Labute approximate surface area is 405 Å². The molecule has 0 N–H and O–H groups in total. The molecule has 1 rings (SSSR count). The Balaban J connectivity index is 2.85. The molecule has 0 aromatic rings. The zero-order chi connectivity index (χ0) is 48.1. The van der Waals surface area contributed by atoms with E-state index in [4.69, 9.17) is 33.2 Å². The van der Waals surface area contributed by atoms with Gasteiger partial charge in [-0.2, -0.15) is 0 Å². The summed E-state index contributed by atoms with van der Waals surface area (Å²) in [5, 5.41) is 0. The summed E-state index contributed by atoms with van der Waals surface area (Å²) in [6, 6.07) is 0. The van der Waals surface area contributed by atoms with E-state index in [0.29, 0.717) is 58.8 Å². The summed E-state index contributed by atoms with van der Waals surface area (Å²) >= 11 is 0. The maximum Gasteiger partial charge on any atom is 0.409 e. The summed E-state index contributed by atoms with van der Waals surface area (Å²) in [6.07, 6.45) is 28.7. The molecule has 1 heterocycles. The van der Waals surface area contributed by atoms with Gasteiger partial charge in [0.1, 0.15) is 6.10 Å². The number of hydrogen-bond donors (Lipinski definition) is 0. The minimum atomic E-state index is -0.556. The van der Waals surface area contributed by atoms with Gasteiger partial charge in [-0.3, -0.25) is 9.59 Å². The SMILES string of the molecule is CCCCCCCCOC(CCC(=O)OC[C@@H]1C[C@H](OC(=O)CCC(OCCCCCCCC)OCCCCCCCC)CN(C(=O)OCCCN(CC)CC)C1)OCCCCCCCC. The van der Waals surface area contributed by atoms with Crippen molar-refractivity contribution in [1.82, 2.24) is 9.80 Å². The Kier molecular flexibility index (Phi) is 42.7. The van der Waals surface area contributed by atoms with E-state index in [1.54, 1.807) is 4.90 Å². The summed E-state index contributed by atoms with van der Waals surface area (Å²) in [6.45, 7) is 19.3. The van der Waals surface area contributed by atoms with Gasteiger partial charge in [0.05, 0.1) is 32.6 Å². The molecular weight excluding hydrogens is 837 g/mol. The number of nitrogens with zero attached hydrogens (tertiary/aromatic N) is 2. The number of likely N-dealkylation sites (tertiary alicyclic amines) is 1. The van der Waals surface area contributed by atoms with Gasteiger partial charge in [-0.05, 0) is 51.6 Å². The maximum atomic E-state index is 13.4. The highest BCUT2D eigenvalue weighted by Gasteiger charge is 2.34. The number of ether oxygens (including phenoxy) is 7. The van der Waals surface area contributed by atoms with Crippen LogP contribution in [0.5, 0.6) is 0 Å². The Morgan fingerprint density at radius 1 is 0.485 bits per heavy atom. The quantitative estimate of drug-likeness (QED) is 0.0251. The van der Waals surface area contributed by atoms with Gasteiger partial charge >= 0.3 is 18.0 Å². The minimum Gasteiger partial charge on any atom is -0.465 e. The monoisotopic (exact) mass is 941 g/mol. The Hall–Kier alpha value is -1.99. The molecule has 1 saturated heterocycles. The third kappa shape index (κ3) is 36.1. The van der Waals surface area contributed by atoms with Crippen molar-refractivity contribution < 1.29 is 47.5 Å². The number of rotatable bonds is 47. The molecule has 0 aromatic heterocycles.